The molecule has 0 fully saturated rings. The summed E-state index contributed by atoms with van der Waals surface area (Å²) in [4.78, 5) is 2.98. The molecule has 1 aliphatic rings. The highest BCUT2D eigenvalue weighted by atomic mass is 19.4. The first kappa shape index (κ1) is 24.8. The third kappa shape index (κ3) is 5.20. The van der Waals surface area contributed by atoms with Crippen molar-refractivity contribution < 1.29 is 31.1 Å². The first-order valence-corrected chi connectivity index (χ1v) is 11.0. The summed E-state index contributed by atoms with van der Waals surface area (Å²) < 4.78 is 80.8. The number of halogens is 6. The van der Waals surface area contributed by atoms with Crippen LogP contribution in [0, 0.1) is 13.8 Å². The minimum absolute atomic E-state index is 0.137. The molecule has 2 aromatic carbocycles. The van der Waals surface area contributed by atoms with Gasteiger partial charge in [-0.05, 0) is 72.4 Å². The van der Waals surface area contributed by atoms with Gasteiger partial charge in [0.25, 0.3) is 0 Å². The average Bonchev–Trinajstić information content (AvgIpc) is 3.08. The normalized spacial score (nSPS) is 16.4. The van der Waals surface area contributed by atoms with Gasteiger partial charge in [0, 0.05) is 23.9 Å². The minimum atomic E-state index is -4.93. The van der Waals surface area contributed by atoms with Crippen LogP contribution < -0.4 is 15.0 Å². The number of fused-ring (bicyclic) bond motifs is 1. The van der Waals surface area contributed by atoms with Crippen molar-refractivity contribution in [1.82, 2.24) is 15.4 Å². The van der Waals surface area contributed by atoms with Gasteiger partial charge in [0.15, 0.2) is 0 Å². The summed E-state index contributed by atoms with van der Waals surface area (Å²) in [6.07, 6.45) is -8.51. The number of rotatable bonds is 4. The molecule has 2 N–H and O–H groups in total. The Morgan fingerprint density at radius 3 is 2.26 bits per heavy atom. The van der Waals surface area contributed by atoms with Gasteiger partial charge in [0.1, 0.15) is 7.05 Å². The number of aryl methyl sites for hydroxylation is 2. The van der Waals surface area contributed by atoms with E-state index >= 15 is 0 Å². The number of anilines is 2. The van der Waals surface area contributed by atoms with E-state index < -0.39 is 23.5 Å². The number of tetrazole rings is 1. The molecule has 3 aromatic rings. The Hall–Kier alpha value is -3.31. The standard InChI is InChI=1S/C23H24F6N6/c1-13-6-7-18-19(5-4-8-30-20(18)14(13)2)35(21-31-33-34(3)32-21)12-15-9-16(22(24,25)26)11-17(10-15)23(27,28)29/h6-7,9-11,19,30H,4-5,8,12H2,1-3H3/p+1. The molecule has 35 heavy (non-hydrogen) atoms. The van der Waals surface area contributed by atoms with Gasteiger partial charge in [-0.25, -0.2) is 0 Å². The van der Waals surface area contributed by atoms with E-state index in [2.05, 4.69) is 20.7 Å². The smallest absolute Gasteiger partial charge is 0.385 e. The quantitative estimate of drug-likeness (QED) is 0.381. The SMILES string of the molecule is Cc1ccc2c(c1C)NCCCC2N(Cc1cc(C(F)(F)F)cc(C(F)(F)F)c1)c1n[nH][n+](C)n1. The van der Waals surface area contributed by atoms with E-state index in [1.54, 1.807) is 11.9 Å². The molecular formula is C23H25F6N6+. The molecule has 4 rings (SSSR count). The number of hydrogen-bond acceptors (Lipinski definition) is 4. The Labute approximate surface area is 197 Å². The minimum Gasteiger partial charge on any atom is -0.385 e. The molecule has 1 aliphatic heterocycles. The van der Waals surface area contributed by atoms with Crippen molar-refractivity contribution in [1.29, 1.82) is 0 Å². The van der Waals surface area contributed by atoms with Gasteiger partial charge in [0.05, 0.1) is 22.3 Å². The van der Waals surface area contributed by atoms with Gasteiger partial charge >= 0.3 is 18.3 Å². The Morgan fingerprint density at radius 2 is 1.69 bits per heavy atom. The summed E-state index contributed by atoms with van der Waals surface area (Å²) in [6.45, 7) is 4.39. The highest BCUT2D eigenvalue weighted by Crippen LogP contribution is 2.40. The lowest BCUT2D eigenvalue weighted by Gasteiger charge is -2.30. The van der Waals surface area contributed by atoms with Crippen molar-refractivity contribution in [2.75, 3.05) is 16.8 Å². The molecule has 0 aliphatic carbocycles. The zero-order chi connectivity index (χ0) is 25.5. The van der Waals surface area contributed by atoms with Gasteiger partial charge in [-0.15, -0.1) is 0 Å². The molecule has 0 amide bonds. The number of H-pyrrole nitrogens is 1. The average molecular weight is 499 g/mol. The molecule has 1 atom stereocenters. The van der Waals surface area contributed by atoms with E-state index in [1.165, 1.54) is 4.80 Å². The van der Waals surface area contributed by atoms with Gasteiger partial charge in [-0.2, -0.15) is 26.3 Å². The van der Waals surface area contributed by atoms with Crippen molar-refractivity contribution >= 4 is 11.6 Å². The third-order valence-electron chi connectivity index (χ3n) is 6.25. The highest BCUT2D eigenvalue weighted by Gasteiger charge is 2.38. The monoisotopic (exact) mass is 499 g/mol. The number of aromatic amines is 1. The first-order valence-electron chi connectivity index (χ1n) is 11.0. The van der Waals surface area contributed by atoms with Crippen molar-refractivity contribution in [2.24, 2.45) is 7.05 Å². The topological polar surface area (TPSA) is 60.7 Å². The molecule has 6 nitrogen and oxygen atoms in total. The fraction of sp³-hybridized carbons (Fsp3) is 0.435. The summed E-state index contributed by atoms with van der Waals surface area (Å²) in [5.41, 5.74) is 1.07. The number of nitrogens with zero attached hydrogens (tertiary/aromatic N) is 4. The summed E-state index contributed by atoms with van der Waals surface area (Å²) in [5, 5.41) is 14.5. The Bertz CT molecular complexity index is 1180. The molecule has 1 aromatic heterocycles. The summed E-state index contributed by atoms with van der Waals surface area (Å²) in [6, 6.07) is 5.16. The van der Waals surface area contributed by atoms with E-state index in [0.29, 0.717) is 13.0 Å². The molecular weight excluding hydrogens is 474 g/mol. The van der Waals surface area contributed by atoms with Crippen molar-refractivity contribution in [3.8, 4) is 0 Å². The van der Waals surface area contributed by atoms with E-state index in [1.807, 2.05) is 26.0 Å². The molecule has 0 bridgehead atoms. The molecule has 1 unspecified atom stereocenters. The number of alkyl halides is 6. The second-order valence-electron chi connectivity index (χ2n) is 8.73. The molecule has 0 spiro atoms. The number of nitrogens with one attached hydrogen (secondary N) is 2. The zero-order valence-electron chi connectivity index (χ0n) is 19.3. The summed E-state index contributed by atoms with van der Waals surface area (Å²) in [7, 11) is 1.59. The third-order valence-corrected chi connectivity index (χ3v) is 6.25. The van der Waals surface area contributed by atoms with Crippen LogP contribution in [0.2, 0.25) is 0 Å². The highest BCUT2D eigenvalue weighted by molar-refractivity contribution is 5.63. The van der Waals surface area contributed by atoms with Gasteiger partial charge < -0.3 is 10.2 Å². The Kier molecular flexibility index (Phi) is 6.41. The van der Waals surface area contributed by atoms with E-state index in [-0.39, 0.29) is 30.2 Å². The van der Waals surface area contributed by atoms with Crippen LogP contribution in [0.3, 0.4) is 0 Å². The number of hydrogen-bond donors (Lipinski definition) is 2. The van der Waals surface area contributed by atoms with Crippen LogP contribution in [0.1, 0.15) is 52.3 Å². The Balaban J connectivity index is 1.84. The van der Waals surface area contributed by atoms with Crippen LogP contribution in [0.25, 0.3) is 0 Å². The molecule has 12 heteroatoms. The van der Waals surface area contributed by atoms with Crippen molar-refractivity contribution in [3.63, 3.8) is 0 Å². The van der Waals surface area contributed by atoms with E-state index in [9.17, 15) is 26.3 Å². The second kappa shape index (κ2) is 9.04. The maximum absolute atomic E-state index is 13.5. The zero-order valence-corrected chi connectivity index (χ0v) is 19.3. The van der Waals surface area contributed by atoms with Gasteiger partial charge in [-0.3, -0.25) is 0 Å². The maximum Gasteiger partial charge on any atom is 0.416 e. The molecule has 0 saturated heterocycles. The fourth-order valence-electron chi connectivity index (χ4n) is 4.38. The van der Waals surface area contributed by atoms with Crippen LogP contribution in [-0.2, 0) is 25.9 Å². The maximum atomic E-state index is 13.5. The van der Waals surface area contributed by atoms with Gasteiger partial charge in [0.2, 0.25) is 0 Å². The first-order chi connectivity index (χ1) is 16.3. The van der Waals surface area contributed by atoms with Crippen LogP contribution >= 0.6 is 0 Å². The Morgan fingerprint density at radius 1 is 1.03 bits per heavy atom. The predicted molar refractivity (Wildman–Crippen MR) is 117 cm³/mol. The van der Waals surface area contributed by atoms with Crippen LogP contribution in [-0.4, -0.2) is 22.0 Å². The van der Waals surface area contributed by atoms with Crippen molar-refractivity contribution in [3.05, 3.63) is 63.7 Å². The van der Waals surface area contributed by atoms with E-state index in [4.69, 9.17) is 0 Å². The lowest BCUT2D eigenvalue weighted by molar-refractivity contribution is -0.783. The lowest BCUT2D eigenvalue weighted by atomic mass is 9.95. The lowest BCUT2D eigenvalue weighted by Crippen LogP contribution is -2.35. The molecule has 188 valence electrons. The number of benzene rings is 2. The predicted octanol–water partition coefficient (Wildman–Crippen LogP) is 5.24. The fourth-order valence-corrected chi connectivity index (χ4v) is 4.38. The second-order valence-corrected chi connectivity index (χ2v) is 8.73. The largest absolute Gasteiger partial charge is 0.416 e. The van der Waals surface area contributed by atoms with E-state index in [0.717, 1.165) is 40.9 Å². The molecule has 0 saturated carbocycles. The van der Waals surface area contributed by atoms with Crippen LogP contribution in [0.15, 0.2) is 30.3 Å². The summed E-state index contributed by atoms with van der Waals surface area (Å²) in [5.74, 6) is 0.176. The van der Waals surface area contributed by atoms with Crippen LogP contribution in [0.4, 0.5) is 38.0 Å². The summed E-state index contributed by atoms with van der Waals surface area (Å²) >= 11 is 0. The van der Waals surface area contributed by atoms with Crippen molar-refractivity contribution in [2.45, 2.75) is 51.6 Å². The molecule has 0 radical (unpaired) electrons. The molecule has 2 heterocycles. The van der Waals surface area contributed by atoms with Gasteiger partial charge in [-0.1, -0.05) is 16.9 Å². The van der Waals surface area contributed by atoms with Crippen LogP contribution in [0.5, 0.6) is 0 Å². The number of aromatic nitrogens is 4.